The molecular formula is C13H16N2O3. The third kappa shape index (κ3) is 2.81. The Balaban J connectivity index is 1.79. The second kappa shape index (κ2) is 5.55. The first kappa shape index (κ1) is 12.4. The first-order chi connectivity index (χ1) is 8.68. The van der Waals surface area contributed by atoms with Gasteiger partial charge >= 0.3 is 0 Å². The number of rotatable bonds is 5. The van der Waals surface area contributed by atoms with E-state index in [0.29, 0.717) is 13.0 Å². The average Bonchev–Trinajstić information content (AvgIpc) is 2.99. The van der Waals surface area contributed by atoms with Gasteiger partial charge in [-0.1, -0.05) is 0 Å². The number of amides is 1. The highest BCUT2D eigenvalue weighted by Gasteiger charge is 2.12. The summed E-state index contributed by atoms with van der Waals surface area (Å²) in [6.45, 7) is 0.395. The van der Waals surface area contributed by atoms with E-state index in [9.17, 15) is 9.90 Å². The maximum absolute atomic E-state index is 11.5. The standard InChI is InChI=1S/C13H16N2O3/c1-15-8-2-4-10(15)11(16)6-7-14-13(17)12-5-3-9-18-12/h2-5,8-9,11,16H,6-7H2,1H3,(H,14,17). The molecule has 0 saturated heterocycles. The van der Waals surface area contributed by atoms with E-state index in [1.165, 1.54) is 6.26 Å². The topological polar surface area (TPSA) is 67.4 Å². The van der Waals surface area contributed by atoms with Gasteiger partial charge in [0.05, 0.1) is 12.4 Å². The predicted molar refractivity (Wildman–Crippen MR) is 66.0 cm³/mol. The summed E-state index contributed by atoms with van der Waals surface area (Å²) < 4.78 is 6.83. The number of aromatic nitrogens is 1. The van der Waals surface area contributed by atoms with Crippen LogP contribution in [0, 0.1) is 0 Å². The van der Waals surface area contributed by atoms with Crippen LogP contribution in [-0.4, -0.2) is 22.1 Å². The molecule has 0 spiro atoms. The SMILES string of the molecule is Cn1cccc1C(O)CCNC(=O)c1ccco1. The average molecular weight is 248 g/mol. The zero-order valence-corrected chi connectivity index (χ0v) is 10.2. The van der Waals surface area contributed by atoms with Gasteiger partial charge in [0.2, 0.25) is 0 Å². The molecular weight excluding hydrogens is 232 g/mol. The first-order valence-corrected chi connectivity index (χ1v) is 5.79. The van der Waals surface area contributed by atoms with Gasteiger partial charge in [0.15, 0.2) is 5.76 Å². The van der Waals surface area contributed by atoms with Gasteiger partial charge in [0, 0.05) is 25.5 Å². The predicted octanol–water partition coefficient (Wildman–Crippen LogP) is 1.47. The number of aliphatic hydroxyl groups is 1. The van der Waals surface area contributed by atoms with Crippen LogP contribution in [0.25, 0.3) is 0 Å². The van der Waals surface area contributed by atoms with Crippen molar-refractivity contribution in [3.63, 3.8) is 0 Å². The minimum atomic E-state index is -0.582. The number of carbonyl (C=O) groups excluding carboxylic acids is 1. The number of aryl methyl sites for hydroxylation is 1. The molecule has 1 amide bonds. The number of aliphatic hydroxyl groups excluding tert-OH is 1. The summed E-state index contributed by atoms with van der Waals surface area (Å²) in [4.78, 5) is 11.5. The molecule has 0 aliphatic rings. The van der Waals surface area contributed by atoms with Gasteiger partial charge in [0.25, 0.3) is 5.91 Å². The zero-order chi connectivity index (χ0) is 13.0. The summed E-state index contributed by atoms with van der Waals surface area (Å²) >= 11 is 0. The lowest BCUT2D eigenvalue weighted by Gasteiger charge is -2.12. The first-order valence-electron chi connectivity index (χ1n) is 5.79. The molecule has 0 saturated carbocycles. The molecule has 18 heavy (non-hydrogen) atoms. The van der Waals surface area contributed by atoms with Crippen molar-refractivity contribution >= 4 is 5.91 Å². The van der Waals surface area contributed by atoms with Gasteiger partial charge in [-0.25, -0.2) is 0 Å². The lowest BCUT2D eigenvalue weighted by molar-refractivity contribution is 0.0914. The number of hydrogen-bond acceptors (Lipinski definition) is 3. The van der Waals surface area contributed by atoms with Crippen molar-refractivity contribution in [1.29, 1.82) is 0 Å². The van der Waals surface area contributed by atoms with E-state index in [2.05, 4.69) is 5.32 Å². The smallest absolute Gasteiger partial charge is 0.286 e. The highest BCUT2D eigenvalue weighted by atomic mass is 16.3. The monoisotopic (exact) mass is 248 g/mol. The molecule has 0 aromatic carbocycles. The maximum Gasteiger partial charge on any atom is 0.286 e. The number of hydrogen-bond donors (Lipinski definition) is 2. The Morgan fingerprint density at radius 2 is 2.33 bits per heavy atom. The van der Waals surface area contributed by atoms with Crippen LogP contribution < -0.4 is 5.32 Å². The molecule has 0 aliphatic heterocycles. The summed E-state index contributed by atoms with van der Waals surface area (Å²) in [6, 6.07) is 7.00. The van der Waals surface area contributed by atoms with Crippen molar-refractivity contribution in [3.05, 3.63) is 48.2 Å². The van der Waals surface area contributed by atoms with Crippen molar-refractivity contribution in [2.45, 2.75) is 12.5 Å². The van der Waals surface area contributed by atoms with Crippen LogP contribution in [0.3, 0.4) is 0 Å². The van der Waals surface area contributed by atoms with E-state index in [4.69, 9.17) is 4.42 Å². The van der Waals surface area contributed by atoms with Crippen molar-refractivity contribution in [1.82, 2.24) is 9.88 Å². The second-order valence-corrected chi connectivity index (χ2v) is 4.08. The Morgan fingerprint density at radius 3 is 2.94 bits per heavy atom. The highest BCUT2D eigenvalue weighted by molar-refractivity contribution is 5.91. The van der Waals surface area contributed by atoms with Crippen LogP contribution in [-0.2, 0) is 7.05 Å². The Hall–Kier alpha value is -2.01. The van der Waals surface area contributed by atoms with E-state index < -0.39 is 6.10 Å². The lowest BCUT2D eigenvalue weighted by Crippen LogP contribution is -2.25. The Bertz CT molecular complexity index is 502. The van der Waals surface area contributed by atoms with Crippen LogP contribution in [0.1, 0.15) is 28.8 Å². The molecule has 0 fully saturated rings. The van der Waals surface area contributed by atoms with E-state index in [1.807, 2.05) is 29.9 Å². The van der Waals surface area contributed by atoms with E-state index >= 15 is 0 Å². The number of furan rings is 1. The molecule has 1 unspecified atom stereocenters. The number of nitrogens with zero attached hydrogens (tertiary/aromatic N) is 1. The van der Waals surface area contributed by atoms with E-state index in [0.717, 1.165) is 5.69 Å². The summed E-state index contributed by atoms with van der Waals surface area (Å²) in [5.74, 6) is 0.0161. The molecule has 2 heterocycles. The Labute approximate surface area is 105 Å². The van der Waals surface area contributed by atoms with Gasteiger partial charge in [-0.2, -0.15) is 0 Å². The van der Waals surface area contributed by atoms with Gasteiger partial charge in [-0.3, -0.25) is 4.79 Å². The molecule has 2 aromatic heterocycles. The van der Waals surface area contributed by atoms with Crippen LogP contribution in [0.5, 0.6) is 0 Å². The van der Waals surface area contributed by atoms with Crippen molar-refractivity contribution < 1.29 is 14.3 Å². The minimum absolute atomic E-state index is 0.265. The minimum Gasteiger partial charge on any atom is -0.459 e. The van der Waals surface area contributed by atoms with Crippen LogP contribution in [0.4, 0.5) is 0 Å². The number of carbonyl (C=O) groups is 1. The largest absolute Gasteiger partial charge is 0.459 e. The summed E-state index contributed by atoms with van der Waals surface area (Å²) in [5, 5.41) is 12.6. The quantitative estimate of drug-likeness (QED) is 0.842. The van der Waals surface area contributed by atoms with Gasteiger partial charge in [-0.15, -0.1) is 0 Å². The molecule has 0 aliphatic carbocycles. The van der Waals surface area contributed by atoms with Crippen molar-refractivity contribution in [2.24, 2.45) is 7.05 Å². The molecule has 2 rings (SSSR count). The van der Waals surface area contributed by atoms with Crippen LogP contribution in [0.2, 0.25) is 0 Å². The summed E-state index contributed by atoms with van der Waals surface area (Å²) in [5.41, 5.74) is 0.835. The fourth-order valence-electron chi connectivity index (χ4n) is 1.79. The fraction of sp³-hybridized carbons (Fsp3) is 0.308. The van der Waals surface area contributed by atoms with E-state index in [-0.39, 0.29) is 11.7 Å². The highest BCUT2D eigenvalue weighted by Crippen LogP contribution is 2.15. The third-order valence-corrected chi connectivity index (χ3v) is 2.77. The summed E-state index contributed by atoms with van der Waals surface area (Å²) in [7, 11) is 1.87. The lowest BCUT2D eigenvalue weighted by atomic mass is 10.2. The van der Waals surface area contributed by atoms with Crippen molar-refractivity contribution in [3.8, 4) is 0 Å². The summed E-state index contributed by atoms with van der Waals surface area (Å²) in [6.07, 6.45) is 3.21. The fourth-order valence-corrected chi connectivity index (χ4v) is 1.79. The zero-order valence-electron chi connectivity index (χ0n) is 10.2. The molecule has 5 heteroatoms. The van der Waals surface area contributed by atoms with Gasteiger partial charge in [-0.05, 0) is 30.7 Å². The maximum atomic E-state index is 11.5. The Morgan fingerprint density at radius 1 is 1.50 bits per heavy atom. The number of nitrogens with one attached hydrogen (secondary N) is 1. The normalized spacial score (nSPS) is 12.3. The molecule has 0 bridgehead atoms. The van der Waals surface area contributed by atoms with Gasteiger partial charge < -0.3 is 19.4 Å². The van der Waals surface area contributed by atoms with E-state index in [1.54, 1.807) is 12.1 Å². The molecule has 1 atom stereocenters. The van der Waals surface area contributed by atoms with Crippen LogP contribution in [0.15, 0.2) is 41.1 Å². The Kier molecular flexibility index (Phi) is 3.84. The van der Waals surface area contributed by atoms with Gasteiger partial charge in [0.1, 0.15) is 0 Å². The molecule has 0 radical (unpaired) electrons. The third-order valence-electron chi connectivity index (χ3n) is 2.77. The second-order valence-electron chi connectivity index (χ2n) is 4.08. The van der Waals surface area contributed by atoms with Crippen molar-refractivity contribution in [2.75, 3.05) is 6.54 Å². The molecule has 2 N–H and O–H groups in total. The van der Waals surface area contributed by atoms with Crippen LogP contribution >= 0.6 is 0 Å². The molecule has 5 nitrogen and oxygen atoms in total. The molecule has 96 valence electrons. The molecule has 2 aromatic rings.